The van der Waals surface area contributed by atoms with Gasteiger partial charge in [0.25, 0.3) is 11.7 Å². The largest absolute Gasteiger partial charge is 0.298 e. The zero-order chi connectivity index (χ0) is 12.3. The molecule has 86 valence electrons. The van der Waals surface area contributed by atoms with Crippen molar-refractivity contribution in [1.29, 1.82) is 0 Å². The summed E-state index contributed by atoms with van der Waals surface area (Å²) in [4.78, 5) is 27.2. The highest BCUT2D eigenvalue weighted by molar-refractivity contribution is 7.13. The summed E-state index contributed by atoms with van der Waals surface area (Å²) in [5, 5.41) is 4.61. The molecule has 0 aliphatic rings. The summed E-state index contributed by atoms with van der Waals surface area (Å²) in [7, 11) is 0. The molecule has 17 heavy (non-hydrogen) atoms. The number of nitrogens with zero attached hydrogens (tertiary/aromatic N) is 1. The maximum Gasteiger partial charge on any atom is 0.298 e. The molecule has 5 heteroatoms. The van der Waals surface area contributed by atoms with Gasteiger partial charge in [0.1, 0.15) is 0 Å². The normalized spacial score (nSPS) is 9.94. The van der Waals surface area contributed by atoms with Crippen LogP contribution in [-0.4, -0.2) is 16.7 Å². The van der Waals surface area contributed by atoms with Crippen molar-refractivity contribution >= 4 is 28.2 Å². The van der Waals surface area contributed by atoms with Crippen LogP contribution < -0.4 is 5.32 Å². The van der Waals surface area contributed by atoms with Gasteiger partial charge in [-0.3, -0.25) is 14.9 Å². The minimum absolute atomic E-state index is 0.379. The van der Waals surface area contributed by atoms with Gasteiger partial charge in [0.05, 0.1) is 0 Å². The third-order valence-electron chi connectivity index (χ3n) is 2.17. The molecule has 2 rings (SSSR count). The van der Waals surface area contributed by atoms with Gasteiger partial charge in [-0.25, -0.2) is 4.98 Å². The number of thiazole rings is 1. The molecule has 1 aromatic carbocycles. The maximum atomic E-state index is 11.7. The molecule has 0 fully saturated rings. The molecule has 0 aliphatic heterocycles. The van der Waals surface area contributed by atoms with Crippen LogP contribution >= 0.6 is 11.3 Å². The van der Waals surface area contributed by atoms with Gasteiger partial charge in [0.2, 0.25) is 0 Å². The van der Waals surface area contributed by atoms with Gasteiger partial charge >= 0.3 is 0 Å². The smallest absolute Gasteiger partial charge is 0.295 e. The molecule has 0 saturated carbocycles. The molecule has 4 nitrogen and oxygen atoms in total. The summed E-state index contributed by atoms with van der Waals surface area (Å²) in [5.74, 6) is -1.22. The van der Waals surface area contributed by atoms with E-state index < -0.39 is 11.7 Å². The second-order valence-electron chi connectivity index (χ2n) is 3.49. The first kappa shape index (κ1) is 11.5. The number of nitrogens with one attached hydrogen (secondary N) is 1. The van der Waals surface area contributed by atoms with Gasteiger partial charge in [-0.1, -0.05) is 29.8 Å². The summed E-state index contributed by atoms with van der Waals surface area (Å²) >= 11 is 1.27. The molecule has 1 N–H and O–H groups in total. The Hall–Kier alpha value is -2.01. The van der Waals surface area contributed by atoms with Gasteiger partial charge < -0.3 is 0 Å². The molecular formula is C12H10N2O2S. The average Bonchev–Trinajstić information content (AvgIpc) is 2.82. The number of hydrogen-bond donors (Lipinski definition) is 1. The van der Waals surface area contributed by atoms with Crippen molar-refractivity contribution in [3.05, 3.63) is 47.0 Å². The molecule has 1 heterocycles. The van der Waals surface area contributed by atoms with E-state index in [0.717, 1.165) is 5.56 Å². The Morgan fingerprint density at radius 1 is 1.24 bits per heavy atom. The summed E-state index contributed by atoms with van der Waals surface area (Å²) in [6, 6.07) is 6.87. The van der Waals surface area contributed by atoms with Crippen LogP contribution in [0.4, 0.5) is 5.13 Å². The van der Waals surface area contributed by atoms with Crippen LogP contribution in [0.5, 0.6) is 0 Å². The van der Waals surface area contributed by atoms with Gasteiger partial charge in [0.15, 0.2) is 5.13 Å². The molecule has 1 aromatic heterocycles. The number of aromatic nitrogens is 1. The lowest BCUT2D eigenvalue weighted by Gasteiger charge is -2.01. The highest BCUT2D eigenvalue weighted by Crippen LogP contribution is 2.11. The number of benzene rings is 1. The molecule has 0 saturated heterocycles. The quantitative estimate of drug-likeness (QED) is 0.667. The monoisotopic (exact) mass is 246 g/mol. The third-order valence-corrected chi connectivity index (χ3v) is 2.86. The fourth-order valence-corrected chi connectivity index (χ4v) is 1.80. The molecule has 0 unspecified atom stereocenters. The molecule has 2 aromatic rings. The van der Waals surface area contributed by atoms with Crippen LogP contribution in [0, 0.1) is 6.92 Å². The Morgan fingerprint density at radius 3 is 2.53 bits per heavy atom. The molecule has 0 bridgehead atoms. The molecule has 0 spiro atoms. The lowest BCUT2D eigenvalue weighted by molar-refractivity contribution is -0.112. The van der Waals surface area contributed by atoms with E-state index in [2.05, 4.69) is 10.3 Å². The van der Waals surface area contributed by atoms with E-state index in [1.807, 2.05) is 6.92 Å². The van der Waals surface area contributed by atoms with Crippen molar-refractivity contribution in [2.24, 2.45) is 0 Å². The topological polar surface area (TPSA) is 59.1 Å². The van der Waals surface area contributed by atoms with Crippen molar-refractivity contribution in [2.75, 3.05) is 5.32 Å². The number of anilines is 1. The van der Waals surface area contributed by atoms with Crippen molar-refractivity contribution < 1.29 is 9.59 Å². The van der Waals surface area contributed by atoms with E-state index >= 15 is 0 Å². The maximum absolute atomic E-state index is 11.7. The highest BCUT2D eigenvalue weighted by atomic mass is 32.1. The van der Waals surface area contributed by atoms with Crippen LogP contribution in [0.2, 0.25) is 0 Å². The second-order valence-corrected chi connectivity index (χ2v) is 4.38. The summed E-state index contributed by atoms with van der Waals surface area (Å²) < 4.78 is 0. The number of ketones is 1. The van der Waals surface area contributed by atoms with E-state index in [1.165, 1.54) is 11.3 Å². The minimum Gasteiger partial charge on any atom is -0.295 e. The third kappa shape index (κ3) is 2.76. The Labute approximate surface area is 102 Å². The number of carbonyl (C=O) groups excluding carboxylic acids is 2. The van der Waals surface area contributed by atoms with Crippen LogP contribution in [0.25, 0.3) is 0 Å². The first-order chi connectivity index (χ1) is 8.16. The zero-order valence-corrected chi connectivity index (χ0v) is 9.95. The lowest BCUT2D eigenvalue weighted by Crippen LogP contribution is -2.22. The number of hydrogen-bond acceptors (Lipinski definition) is 4. The number of aryl methyl sites for hydroxylation is 1. The van der Waals surface area contributed by atoms with Gasteiger partial charge in [-0.2, -0.15) is 0 Å². The molecular weight excluding hydrogens is 236 g/mol. The number of carbonyl (C=O) groups is 2. The summed E-state index contributed by atoms with van der Waals surface area (Å²) in [6.45, 7) is 1.92. The minimum atomic E-state index is -0.663. The average molecular weight is 246 g/mol. The first-order valence-corrected chi connectivity index (χ1v) is 5.86. The SMILES string of the molecule is Cc1ccc(C(=O)C(=O)Nc2nccs2)cc1. The van der Waals surface area contributed by atoms with Crippen molar-refractivity contribution in [3.63, 3.8) is 0 Å². The molecule has 1 amide bonds. The van der Waals surface area contributed by atoms with Gasteiger partial charge in [-0.15, -0.1) is 11.3 Å². The Balaban J connectivity index is 2.10. The number of amides is 1. The molecule has 0 atom stereocenters. The Morgan fingerprint density at radius 2 is 1.94 bits per heavy atom. The van der Waals surface area contributed by atoms with Gasteiger partial charge in [-0.05, 0) is 6.92 Å². The highest BCUT2D eigenvalue weighted by Gasteiger charge is 2.16. The van der Waals surface area contributed by atoms with E-state index in [9.17, 15) is 9.59 Å². The van der Waals surface area contributed by atoms with Crippen molar-refractivity contribution in [2.45, 2.75) is 6.92 Å². The van der Waals surface area contributed by atoms with Crippen molar-refractivity contribution in [3.8, 4) is 0 Å². The van der Waals surface area contributed by atoms with Crippen LogP contribution in [-0.2, 0) is 4.79 Å². The molecule has 0 aliphatic carbocycles. The molecule has 0 radical (unpaired) electrons. The Kier molecular flexibility index (Phi) is 3.30. The summed E-state index contributed by atoms with van der Waals surface area (Å²) in [5.41, 5.74) is 1.42. The van der Waals surface area contributed by atoms with Gasteiger partial charge in [0, 0.05) is 17.1 Å². The zero-order valence-electron chi connectivity index (χ0n) is 9.14. The van der Waals surface area contributed by atoms with E-state index in [4.69, 9.17) is 0 Å². The number of rotatable bonds is 3. The van der Waals surface area contributed by atoms with Crippen LogP contribution in [0.3, 0.4) is 0 Å². The standard InChI is InChI=1S/C12H10N2O2S/c1-8-2-4-9(5-3-8)10(15)11(16)14-12-13-6-7-17-12/h2-7H,1H3,(H,13,14,16). The second kappa shape index (κ2) is 4.88. The predicted molar refractivity (Wildman–Crippen MR) is 66.3 cm³/mol. The first-order valence-electron chi connectivity index (χ1n) is 4.98. The fourth-order valence-electron chi connectivity index (χ4n) is 1.28. The van der Waals surface area contributed by atoms with E-state index in [0.29, 0.717) is 10.7 Å². The summed E-state index contributed by atoms with van der Waals surface area (Å²) in [6.07, 6.45) is 1.57. The Bertz CT molecular complexity index is 532. The lowest BCUT2D eigenvalue weighted by atomic mass is 10.1. The van der Waals surface area contributed by atoms with E-state index in [-0.39, 0.29) is 0 Å². The van der Waals surface area contributed by atoms with Crippen LogP contribution in [0.1, 0.15) is 15.9 Å². The number of Topliss-reactive ketones (excluding diaryl/α,β-unsaturated/α-hetero) is 1. The van der Waals surface area contributed by atoms with E-state index in [1.54, 1.807) is 35.8 Å². The van der Waals surface area contributed by atoms with Crippen LogP contribution in [0.15, 0.2) is 35.8 Å². The predicted octanol–water partition coefficient (Wildman–Crippen LogP) is 2.27. The van der Waals surface area contributed by atoms with Crippen molar-refractivity contribution in [1.82, 2.24) is 4.98 Å². The fraction of sp³-hybridized carbons (Fsp3) is 0.0833.